The average molecular weight is 468 g/mol. The van der Waals surface area contributed by atoms with Gasteiger partial charge in [0, 0.05) is 50.7 Å². The Kier molecular flexibility index (Phi) is 6.87. The summed E-state index contributed by atoms with van der Waals surface area (Å²) in [4.78, 5) is 28.3. The Morgan fingerprint density at radius 2 is 1.91 bits per heavy atom. The molecule has 12 heteroatoms. The largest absolute Gasteiger partial charge is 0.508 e. The van der Waals surface area contributed by atoms with Crippen molar-refractivity contribution in [2.75, 3.05) is 60.9 Å². The number of hydrogen-bond acceptors (Lipinski definition) is 10. The van der Waals surface area contributed by atoms with Gasteiger partial charge in [0.15, 0.2) is 11.6 Å². The molecule has 0 radical (unpaired) electrons. The van der Waals surface area contributed by atoms with Gasteiger partial charge in [-0.25, -0.2) is 14.4 Å². The minimum absolute atomic E-state index is 0.0510. The third-order valence-electron chi connectivity index (χ3n) is 5.03. The van der Waals surface area contributed by atoms with Gasteiger partial charge >= 0.3 is 0 Å². The number of aromatic hydroxyl groups is 1. The first kappa shape index (κ1) is 23.0. The number of phenolic OH excluding ortho intramolecular Hbond substituents is 1. The van der Waals surface area contributed by atoms with E-state index in [-0.39, 0.29) is 23.2 Å². The first-order valence-corrected chi connectivity index (χ1v) is 10.5. The summed E-state index contributed by atoms with van der Waals surface area (Å²) < 4.78 is 19.4. The number of morpholine rings is 1. The molecule has 0 atom stereocenters. The van der Waals surface area contributed by atoms with Gasteiger partial charge in [0.25, 0.3) is 5.91 Å². The maximum Gasteiger partial charge on any atom is 0.288 e. The number of nitrogens with zero attached hydrogens (tertiary/aromatic N) is 5. The minimum atomic E-state index is -0.548. The number of halogens is 1. The van der Waals surface area contributed by atoms with Crippen molar-refractivity contribution in [3.63, 3.8) is 0 Å². The fourth-order valence-electron chi connectivity index (χ4n) is 3.29. The molecule has 1 aromatic carbocycles. The molecule has 1 fully saturated rings. The lowest BCUT2D eigenvalue weighted by Gasteiger charge is -2.28. The van der Waals surface area contributed by atoms with Crippen LogP contribution in [0.3, 0.4) is 0 Å². The van der Waals surface area contributed by atoms with E-state index in [0.717, 1.165) is 11.9 Å². The molecule has 0 spiro atoms. The van der Waals surface area contributed by atoms with Gasteiger partial charge in [-0.3, -0.25) is 15.6 Å². The predicted molar refractivity (Wildman–Crippen MR) is 126 cm³/mol. The highest BCUT2D eigenvalue weighted by Gasteiger charge is 2.18. The molecule has 0 saturated carbocycles. The number of pyridine rings is 1. The van der Waals surface area contributed by atoms with Crippen LogP contribution in [0.15, 0.2) is 42.7 Å². The number of carbonyl (C=O) groups excluding carboxylic acids is 1. The van der Waals surface area contributed by atoms with Crippen molar-refractivity contribution in [3.8, 4) is 5.75 Å². The molecule has 0 aliphatic carbocycles. The van der Waals surface area contributed by atoms with Gasteiger partial charge < -0.3 is 25.0 Å². The van der Waals surface area contributed by atoms with E-state index < -0.39 is 11.7 Å². The quantitative estimate of drug-likeness (QED) is 0.383. The number of nitrogens with one attached hydrogen (secondary N) is 3. The van der Waals surface area contributed by atoms with Gasteiger partial charge in [0.2, 0.25) is 5.95 Å². The number of hydrogen-bond donors (Lipinski definition) is 4. The Balaban J connectivity index is 1.37. The van der Waals surface area contributed by atoms with Gasteiger partial charge in [0.05, 0.1) is 31.3 Å². The van der Waals surface area contributed by atoms with Crippen molar-refractivity contribution < 1.29 is 19.0 Å². The molecular formula is C22H25FN8O3. The van der Waals surface area contributed by atoms with Crippen LogP contribution in [-0.2, 0) is 4.74 Å². The molecule has 3 aromatic rings. The smallest absolute Gasteiger partial charge is 0.288 e. The van der Waals surface area contributed by atoms with Gasteiger partial charge in [-0.15, -0.1) is 0 Å². The van der Waals surface area contributed by atoms with Crippen LogP contribution in [0.4, 0.5) is 33.2 Å². The number of aromatic nitrogens is 3. The lowest BCUT2D eigenvalue weighted by molar-refractivity contribution is 0.0957. The molecule has 1 aliphatic rings. The third kappa shape index (κ3) is 5.59. The van der Waals surface area contributed by atoms with E-state index in [1.54, 1.807) is 29.2 Å². The summed E-state index contributed by atoms with van der Waals surface area (Å²) in [5, 5.41) is 13.1. The Morgan fingerprint density at radius 3 is 2.62 bits per heavy atom. The van der Waals surface area contributed by atoms with Crippen molar-refractivity contribution in [3.05, 3.63) is 54.2 Å². The van der Waals surface area contributed by atoms with Crippen LogP contribution in [0.25, 0.3) is 0 Å². The monoisotopic (exact) mass is 468 g/mol. The van der Waals surface area contributed by atoms with Crippen molar-refractivity contribution in [2.24, 2.45) is 0 Å². The van der Waals surface area contributed by atoms with Crippen molar-refractivity contribution in [1.29, 1.82) is 0 Å². The van der Waals surface area contributed by atoms with E-state index in [2.05, 4.69) is 31.1 Å². The summed E-state index contributed by atoms with van der Waals surface area (Å²) in [6, 6.07) is 8.34. The van der Waals surface area contributed by atoms with E-state index in [9.17, 15) is 14.3 Å². The molecular weight excluding hydrogens is 443 g/mol. The number of phenols is 1. The highest BCUT2D eigenvalue weighted by Crippen LogP contribution is 2.27. The zero-order valence-electron chi connectivity index (χ0n) is 18.7. The second-order valence-electron chi connectivity index (χ2n) is 7.73. The lowest BCUT2D eigenvalue weighted by Crippen LogP contribution is -2.38. The van der Waals surface area contributed by atoms with Gasteiger partial charge in [-0.05, 0) is 18.2 Å². The average Bonchev–Trinajstić information content (AvgIpc) is 2.84. The summed E-state index contributed by atoms with van der Waals surface area (Å²) in [6.07, 6.45) is 2.55. The van der Waals surface area contributed by atoms with E-state index in [0.29, 0.717) is 37.7 Å². The summed E-state index contributed by atoms with van der Waals surface area (Å²) >= 11 is 0. The van der Waals surface area contributed by atoms with Gasteiger partial charge in [-0.2, -0.15) is 4.98 Å². The Hall–Kier alpha value is -4.19. The first-order chi connectivity index (χ1) is 16.4. The topological polar surface area (TPSA) is 128 Å². The summed E-state index contributed by atoms with van der Waals surface area (Å²) in [6.45, 7) is 2.01. The number of anilines is 5. The normalized spacial score (nSPS) is 13.3. The van der Waals surface area contributed by atoms with Crippen molar-refractivity contribution in [2.45, 2.75) is 0 Å². The molecule has 178 valence electrons. The SMILES string of the molecule is CN(C)c1cc(O)cc(Nc2ccc(C(=O)NNc3ncc(F)c(N4CCOCC4)n3)nc2)c1. The molecule has 1 saturated heterocycles. The maximum atomic E-state index is 14.1. The van der Waals surface area contributed by atoms with E-state index in [4.69, 9.17) is 4.74 Å². The molecule has 11 nitrogen and oxygen atoms in total. The fraction of sp³-hybridized carbons (Fsp3) is 0.273. The van der Waals surface area contributed by atoms with Crippen LogP contribution in [0, 0.1) is 5.82 Å². The van der Waals surface area contributed by atoms with Crippen molar-refractivity contribution in [1.82, 2.24) is 20.4 Å². The van der Waals surface area contributed by atoms with E-state index in [1.165, 1.54) is 6.20 Å². The lowest BCUT2D eigenvalue weighted by atomic mass is 10.2. The maximum absolute atomic E-state index is 14.1. The number of hydrazine groups is 1. The molecule has 34 heavy (non-hydrogen) atoms. The predicted octanol–water partition coefficient (Wildman–Crippen LogP) is 2.12. The van der Waals surface area contributed by atoms with Crippen LogP contribution < -0.4 is 26.0 Å². The van der Waals surface area contributed by atoms with Crippen LogP contribution in [0.2, 0.25) is 0 Å². The third-order valence-corrected chi connectivity index (χ3v) is 5.03. The molecule has 2 aromatic heterocycles. The minimum Gasteiger partial charge on any atom is -0.508 e. The number of ether oxygens (including phenoxy) is 1. The van der Waals surface area contributed by atoms with Gasteiger partial charge in [0.1, 0.15) is 11.4 Å². The standard InChI is InChI=1S/C22H25FN8O3/c1-30(2)16-9-15(10-17(32)11-16)26-14-3-4-19(24-12-14)21(33)28-29-22-25-13-18(23)20(27-22)31-5-7-34-8-6-31/h3-4,9-13,26,32H,5-8H2,1-2H3,(H,28,33)(H,25,27,29). The van der Waals surface area contributed by atoms with Crippen molar-refractivity contribution >= 4 is 34.7 Å². The van der Waals surface area contributed by atoms with Crippen LogP contribution in [-0.4, -0.2) is 66.4 Å². The first-order valence-electron chi connectivity index (χ1n) is 10.5. The highest BCUT2D eigenvalue weighted by molar-refractivity contribution is 5.93. The summed E-state index contributed by atoms with van der Waals surface area (Å²) in [5.74, 6) is -0.737. The zero-order chi connectivity index (χ0) is 24.1. The second kappa shape index (κ2) is 10.2. The number of amides is 1. The molecule has 0 bridgehead atoms. The Morgan fingerprint density at radius 1 is 1.12 bits per heavy atom. The molecule has 4 N–H and O–H groups in total. The Labute approximate surface area is 195 Å². The van der Waals surface area contributed by atoms with E-state index >= 15 is 0 Å². The number of rotatable bonds is 7. The molecule has 3 heterocycles. The van der Waals surface area contributed by atoms with Crippen LogP contribution in [0.1, 0.15) is 10.5 Å². The Bertz CT molecular complexity index is 1150. The summed E-state index contributed by atoms with van der Waals surface area (Å²) in [7, 11) is 3.75. The highest BCUT2D eigenvalue weighted by atomic mass is 19.1. The number of benzene rings is 1. The number of carbonyl (C=O) groups is 1. The molecule has 1 amide bonds. The van der Waals surface area contributed by atoms with Crippen LogP contribution in [0.5, 0.6) is 5.75 Å². The molecule has 4 rings (SSSR count). The molecule has 1 aliphatic heterocycles. The fourth-order valence-corrected chi connectivity index (χ4v) is 3.29. The second-order valence-corrected chi connectivity index (χ2v) is 7.73. The van der Waals surface area contributed by atoms with Crippen LogP contribution >= 0.6 is 0 Å². The van der Waals surface area contributed by atoms with E-state index in [1.807, 2.05) is 25.1 Å². The summed E-state index contributed by atoms with van der Waals surface area (Å²) in [5.41, 5.74) is 7.35. The molecule has 0 unspecified atom stereocenters. The van der Waals surface area contributed by atoms with Gasteiger partial charge in [-0.1, -0.05) is 0 Å². The zero-order valence-corrected chi connectivity index (χ0v) is 18.7.